The normalized spacial score (nSPS) is 19.0. The zero-order chi connectivity index (χ0) is 22.6. The Balaban J connectivity index is 1.20. The summed E-state index contributed by atoms with van der Waals surface area (Å²) in [5, 5.41) is 7.68. The molecule has 0 saturated carbocycles. The van der Waals surface area contributed by atoms with E-state index in [4.69, 9.17) is 4.42 Å². The van der Waals surface area contributed by atoms with Crippen molar-refractivity contribution in [2.24, 2.45) is 0 Å². The van der Waals surface area contributed by atoms with Crippen LogP contribution < -0.4 is 5.32 Å². The van der Waals surface area contributed by atoms with Crippen molar-refractivity contribution < 1.29 is 14.0 Å². The number of nitrogens with zero attached hydrogens (tertiary/aromatic N) is 3. The lowest BCUT2D eigenvalue weighted by Gasteiger charge is -2.36. The van der Waals surface area contributed by atoms with Crippen LogP contribution in [-0.4, -0.2) is 52.8 Å². The Morgan fingerprint density at radius 1 is 1.24 bits per heavy atom. The molecule has 9 heteroatoms. The van der Waals surface area contributed by atoms with Gasteiger partial charge in [0.2, 0.25) is 11.8 Å². The molecular formula is C24H26N4O3S2. The molecule has 0 spiro atoms. The molecule has 3 aromatic rings. The number of nitrogens with one attached hydrogen (secondary N) is 1. The number of aryl methyl sites for hydroxylation is 1. The van der Waals surface area contributed by atoms with E-state index in [1.54, 1.807) is 35.8 Å². The lowest BCUT2D eigenvalue weighted by molar-refractivity contribution is -0.135. The maximum atomic E-state index is 13.4. The van der Waals surface area contributed by atoms with Crippen molar-refractivity contribution in [1.82, 2.24) is 14.8 Å². The minimum absolute atomic E-state index is 0.173. The lowest BCUT2D eigenvalue weighted by Crippen LogP contribution is -2.49. The van der Waals surface area contributed by atoms with Gasteiger partial charge < -0.3 is 9.32 Å². The summed E-state index contributed by atoms with van der Waals surface area (Å²) in [6.07, 6.45) is 7.30. The van der Waals surface area contributed by atoms with Crippen LogP contribution in [0.2, 0.25) is 0 Å². The van der Waals surface area contributed by atoms with Crippen LogP contribution >= 0.6 is 22.7 Å². The van der Waals surface area contributed by atoms with Crippen molar-refractivity contribution in [2.45, 2.75) is 31.7 Å². The molecule has 2 aliphatic rings. The van der Waals surface area contributed by atoms with Gasteiger partial charge in [0.1, 0.15) is 5.76 Å². The summed E-state index contributed by atoms with van der Waals surface area (Å²) in [7, 11) is 0. The molecule has 1 aliphatic heterocycles. The number of hydrogen-bond donors (Lipinski definition) is 1. The number of furan rings is 1. The van der Waals surface area contributed by atoms with Crippen LogP contribution in [0.15, 0.2) is 45.7 Å². The van der Waals surface area contributed by atoms with E-state index in [1.807, 2.05) is 4.90 Å². The lowest BCUT2D eigenvalue weighted by atomic mass is 9.89. The number of rotatable bonds is 6. The highest BCUT2D eigenvalue weighted by Gasteiger charge is 2.34. The summed E-state index contributed by atoms with van der Waals surface area (Å²) in [4.78, 5) is 35.8. The van der Waals surface area contributed by atoms with Crippen LogP contribution in [-0.2, 0) is 22.6 Å². The molecule has 1 fully saturated rings. The molecule has 33 heavy (non-hydrogen) atoms. The average Bonchev–Trinajstić information content (AvgIpc) is 3.59. The Morgan fingerprint density at radius 3 is 2.88 bits per heavy atom. The summed E-state index contributed by atoms with van der Waals surface area (Å²) in [6.45, 7) is 4.23. The number of anilines is 1. The fourth-order valence-corrected chi connectivity index (χ4v) is 6.12. The molecule has 1 N–H and O–H groups in total. The molecule has 2 amide bonds. The monoisotopic (exact) mass is 482 g/mol. The van der Waals surface area contributed by atoms with Gasteiger partial charge in [-0.3, -0.25) is 19.8 Å². The average molecular weight is 483 g/mol. The molecule has 1 saturated heterocycles. The van der Waals surface area contributed by atoms with Gasteiger partial charge in [-0.25, -0.2) is 4.98 Å². The second-order valence-electron chi connectivity index (χ2n) is 8.34. The third-order valence-corrected chi connectivity index (χ3v) is 7.87. The third-order valence-electron chi connectivity index (χ3n) is 6.09. The SMILES string of the molecule is O=C(C=Cc1ccco1)Nc1nc2c(s1)CCCC2C(=O)N1CCN(Cc2ccsc2)CC1. The van der Waals surface area contributed by atoms with Crippen LogP contribution in [0.5, 0.6) is 0 Å². The van der Waals surface area contributed by atoms with E-state index in [-0.39, 0.29) is 17.7 Å². The van der Waals surface area contributed by atoms with Crippen LogP contribution in [0.3, 0.4) is 0 Å². The molecule has 0 bridgehead atoms. The van der Waals surface area contributed by atoms with E-state index >= 15 is 0 Å². The van der Waals surface area contributed by atoms with Crippen molar-refractivity contribution >= 4 is 45.7 Å². The molecule has 7 nitrogen and oxygen atoms in total. The first kappa shape index (κ1) is 22.1. The second kappa shape index (κ2) is 10.0. The molecule has 4 heterocycles. The maximum absolute atomic E-state index is 13.4. The molecule has 3 aromatic heterocycles. The van der Waals surface area contributed by atoms with Gasteiger partial charge in [0.15, 0.2) is 5.13 Å². The fourth-order valence-electron chi connectivity index (χ4n) is 4.39. The molecule has 0 radical (unpaired) electrons. The molecule has 1 aliphatic carbocycles. The number of thiophene rings is 1. The number of aromatic nitrogens is 1. The van der Waals surface area contributed by atoms with Crippen molar-refractivity contribution in [1.29, 1.82) is 0 Å². The Hall–Kier alpha value is -2.75. The third kappa shape index (κ3) is 5.26. The minimum atomic E-state index is -0.262. The zero-order valence-electron chi connectivity index (χ0n) is 18.2. The Labute approximate surface area is 200 Å². The van der Waals surface area contributed by atoms with Crippen molar-refractivity contribution in [2.75, 3.05) is 31.5 Å². The van der Waals surface area contributed by atoms with Gasteiger partial charge in [0.25, 0.3) is 0 Å². The van der Waals surface area contributed by atoms with E-state index in [0.29, 0.717) is 10.9 Å². The minimum Gasteiger partial charge on any atom is -0.465 e. The number of fused-ring (bicyclic) bond motifs is 1. The highest BCUT2D eigenvalue weighted by molar-refractivity contribution is 7.16. The first-order valence-corrected chi connectivity index (χ1v) is 13.0. The fraction of sp³-hybridized carbons (Fsp3) is 0.375. The molecule has 0 aromatic carbocycles. The van der Waals surface area contributed by atoms with Crippen molar-refractivity contribution in [3.8, 4) is 0 Å². The summed E-state index contributed by atoms with van der Waals surface area (Å²) >= 11 is 3.20. The number of thiazole rings is 1. The van der Waals surface area contributed by atoms with Gasteiger partial charge in [-0.2, -0.15) is 11.3 Å². The number of carbonyl (C=O) groups excluding carboxylic acids is 2. The van der Waals surface area contributed by atoms with Gasteiger partial charge >= 0.3 is 0 Å². The first-order valence-electron chi connectivity index (χ1n) is 11.2. The van der Waals surface area contributed by atoms with Crippen molar-refractivity contribution in [3.63, 3.8) is 0 Å². The van der Waals surface area contributed by atoms with E-state index in [2.05, 4.69) is 32.0 Å². The van der Waals surface area contributed by atoms with E-state index in [1.165, 1.54) is 23.0 Å². The molecule has 1 atom stereocenters. The quantitative estimate of drug-likeness (QED) is 0.533. The summed E-state index contributed by atoms with van der Waals surface area (Å²) < 4.78 is 5.21. The smallest absolute Gasteiger partial charge is 0.250 e. The number of amides is 2. The maximum Gasteiger partial charge on any atom is 0.250 e. The standard InChI is InChI=1S/C24H26N4O3S2/c29-21(7-6-18-3-2-13-31-18)25-24-26-22-19(4-1-5-20(22)33-24)23(30)28-11-9-27(10-12-28)15-17-8-14-32-16-17/h2-3,6-8,13-14,16,19H,1,4-5,9-12,15H2,(H,25,26,29). The van der Waals surface area contributed by atoms with Crippen LogP contribution in [0, 0.1) is 0 Å². The predicted octanol–water partition coefficient (Wildman–Crippen LogP) is 4.21. The molecular weight excluding hydrogens is 456 g/mol. The van der Waals surface area contributed by atoms with Gasteiger partial charge in [-0.1, -0.05) is 0 Å². The van der Waals surface area contributed by atoms with Gasteiger partial charge in [0, 0.05) is 43.7 Å². The molecule has 172 valence electrons. The summed E-state index contributed by atoms with van der Waals surface area (Å²) in [5.41, 5.74) is 2.19. The Morgan fingerprint density at radius 2 is 2.12 bits per heavy atom. The second-order valence-corrected chi connectivity index (χ2v) is 10.2. The number of hydrogen-bond acceptors (Lipinski definition) is 7. The number of piperazine rings is 1. The topological polar surface area (TPSA) is 78.7 Å². The largest absolute Gasteiger partial charge is 0.465 e. The van der Waals surface area contributed by atoms with Gasteiger partial charge in [-0.05, 0) is 59.9 Å². The van der Waals surface area contributed by atoms with Crippen LogP contribution in [0.1, 0.15) is 40.7 Å². The van der Waals surface area contributed by atoms with E-state index in [9.17, 15) is 9.59 Å². The Bertz CT molecular complexity index is 1110. The van der Waals surface area contributed by atoms with Crippen molar-refractivity contribution in [3.05, 3.63) is 63.2 Å². The highest BCUT2D eigenvalue weighted by Crippen LogP contribution is 2.38. The molecule has 5 rings (SSSR count). The summed E-state index contributed by atoms with van der Waals surface area (Å²) in [5.74, 6) is 0.316. The van der Waals surface area contributed by atoms with Crippen LogP contribution in [0.4, 0.5) is 5.13 Å². The zero-order valence-corrected chi connectivity index (χ0v) is 19.9. The summed E-state index contributed by atoms with van der Waals surface area (Å²) in [6, 6.07) is 5.72. The van der Waals surface area contributed by atoms with E-state index in [0.717, 1.165) is 62.6 Å². The number of carbonyl (C=O) groups is 2. The molecule has 1 unspecified atom stereocenters. The van der Waals surface area contributed by atoms with Gasteiger partial charge in [-0.15, -0.1) is 11.3 Å². The highest BCUT2D eigenvalue weighted by atomic mass is 32.1. The predicted molar refractivity (Wildman–Crippen MR) is 130 cm³/mol. The van der Waals surface area contributed by atoms with Gasteiger partial charge in [0.05, 0.1) is 17.9 Å². The Kier molecular flexibility index (Phi) is 6.70. The first-order chi connectivity index (χ1) is 16.2. The van der Waals surface area contributed by atoms with E-state index < -0.39 is 0 Å². The van der Waals surface area contributed by atoms with Crippen LogP contribution in [0.25, 0.3) is 6.08 Å².